The molecule has 0 aliphatic rings. The first-order chi connectivity index (χ1) is 19.6. The van der Waals surface area contributed by atoms with Gasteiger partial charge in [-0.05, 0) is 32.1 Å². The smallest absolute Gasteiger partial charge is 0.306 e. The molecule has 0 aliphatic heterocycles. The van der Waals surface area contributed by atoms with E-state index in [9.17, 15) is 9.59 Å². The number of rotatable bonds is 33. The highest BCUT2D eigenvalue weighted by Crippen LogP contribution is 2.18. The Balaban J connectivity index is 3.51. The summed E-state index contributed by atoms with van der Waals surface area (Å²) in [5, 5.41) is 8.65. The van der Waals surface area contributed by atoms with E-state index in [-0.39, 0.29) is 12.1 Å². The lowest BCUT2D eigenvalue weighted by Gasteiger charge is -2.17. The zero-order valence-corrected chi connectivity index (χ0v) is 27.2. The second-order valence-electron chi connectivity index (χ2n) is 12.4. The third-order valence-corrected chi connectivity index (χ3v) is 8.31. The van der Waals surface area contributed by atoms with Gasteiger partial charge in [-0.15, -0.1) is 0 Å². The van der Waals surface area contributed by atoms with Gasteiger partial charge in [0, 0.05) is 12.8 Å². The molecule has 0 radical (unpaired) electrons. The van der Waals surface area contributed by atoms with Crippen LogP contribution in [0.25, 0.3) is 0 Å². The van der Waals surface area contributed by atoms with Crippen molar-refractivity contribution >= 4 is 11.9 Å². The number of unbranched alkanes of at least 4 members (excludes halogenated alkanes) is 24. The Labute approximate surface area is 250 Å². The molecule has 0 saturated carbocycles. The van der Waals surface area contributed by atoms with Crippen molar-refractivity contribution in [1.29, 1.82) is 0 Å². The first-order valence-electron chi connectivity index (χ1n) is 18.0. The molecule has 0 saturated heterocycles. The Hall–Kier alpha value is -1.06. The van der Waals surface area contributed by atoms with Crippen molar-refractivity contribution in [2.24, 2.45) is 0 Å². The largest absolute Gasteiger partial charge is 0.481 e. The fourth-order valence-corrected chi connectivity index (χ4v) is 5.71. The van der Waals surface area contributed by atoms with Crippen LogP contribution in [0.2, 0.25) is 0 Å². The number of carboxylic acids is 1. The minimum Gasteiger partial charge on any atom is -0.481 e. The summed E-state index contributed by atoms with van der Waals surface area (Å²) in [5.74, 6) is -0.648. The predicted molar refractivity (Wildman–Crippen MR) is 172 cm³/mol. The van der Waals surface area contributed by atoms with Gasteiger partial charge in [0.2, 0.25) is 0 Å². The molecule has 40 heavy (non-hydrogen) atoms. The average molecular weight is 567 g/mol. The molecular formula is C36H70O4. The summed E-state index contributed by atoms with van der Waals surface area (Å²) in [5.41, 5.74) is 0. The second kappa shape index (κ2) is 32.5. The lowest BCUT2D eigenvalue weighted by atomic mass is 10.0. The van der Waals surface area contributed by atoms with E-state index >= 15 is 0 Å². The lowest BCUT2D eigenvalue weighted by Crippen LogP contribution is -2.18. The number of hydrogen-bond donors (Lipinski definition) is 1. The average Bonchev–Trinajstić information content (AvgIpc) is 2.93. The summed E-state index contributed by atoms with van der Waals surface area (Å²) < 4.78 is 5.85. The Morgan fingerprint density at radius 1 is 0.450 bits per heavy atom. The standard InChI is InChI=1S/C36H70O4/c1-3-5-6-7-8-9-10-11-12-13-17-20-23-26-29-33-36(39)40-34(30-4-2)31-27-24-21-18-15-14-16-19-22-25-28-32-35(37)38/h34H,3-33H2,1-2H3,(H,37,38). The number of carboxylic acid groups (broad SMARTS) is 1. The van der Waals surface area contributed by atoms with Crippen molar-refractivity contribution in [3.8, 4) is 0 Å². The van der Waals surface area contributed by atoms with E-state index in [4.69, 9.17) is 9.84 Å². The summed E-state index contributed by atoms with van der Waals surface area (Å²) in [6.07, 6.45) is 37.5. The van der Waals surface area contributed by atoms with E-state index in [1.165, 1.54) is 141 Å². The van der Waals surface area contributed by atoms with Crippen molar-refractivity contribution < 1.29 is 19.4 Å². The zero-order chi connectivity index (χ0) is 29.4. The van der Waals surface area contributed by atoms with Crippen LogP contribution in [0.1, 0.15) is 213 Å². The Morgan fingerprint density at radius 2 is 0.800 bits per heavy atom. The topological polar surface area (TPSA) is 63.6 Å². The maximum atomic E-state index is 12.4. The van der Waals surface area contributed by atoms with Crippen LogP contribution in [0.5, 0.6) is 0 Å². The molecule has 238 valence electrons. The van der Waals surface area contributed by atoms with E-state index < -0.39 is 5.97 Å². The highest BCUT2D eigenvalue weighted by Gasteiger charge is 2.13. The number of hydrogen-bond acceptors (Lipinski definition) is 3. The van der Waals surface area contributed by atoms with Crippen LogP contribution in [0.3, 0.4) is 0 Å². The van der Waals surface area contributed by atoms with E-state index in [1.807, 2.05) is 0 Å². The Bertz CT molecular complexity index is 533. The van der Waals surface area contributed by atoms with E-state index in [0.29, 0.717) is 12.8 Å². The molecule has 0 aromatic heterocycles. The minimum atomic E-state index is -0.672. The van der Waals surface area contributed by atoms with E-state index in [2.05, 4.69) is 13.8 Å². The molecule has 0 aromatic rings. The quantitative estimate of drug-likeness (QED) is 0.0633. The second-order valence-corrected chi connectivity index (χ2v) is 12.4. The predicted octanol–water partition coefficient (Wildman–Crippen LogP) is 12.1. The van der Waals surface area contributed by atoms with Gasteiger partial charge >= 0.3 is 11.9 Å². The number of carbonyl (C=O) groups is 2. The van der Waals surface area contributed by atoms with Gasteiger partial charge in [0.15, 0.2) is 0 Å². The summed E-state index contributed by atoms with van der Waals surface area (Å²) in [7, 11) is 0. The van der Waals surface area contributed by atoms with Crippen LogP contribution in [0, 0.1) is 0 Å². The first kappa shape index (κ1) is 38.9. The van der Waals surface area contributed by atoms with Gasteiger partial charge in [0.1, 0.15) is 6.10 Å². The van der Waals surface area contributed by atoms with Crippen molar-refractivity contribution in [1.82, 2.24) is 0 Å². The fraction of sp³-hybridized carbons (Fsp3) is 0.944. The van der Waals surface area contributed by atoms with Crippen LogP contribution < -0.4 is 0 Å². The molecule has 0 spiro atoms. The third kappa shape index (κ3) is 31.5. The van der Waals surface area contributed by atoms with Gasteiger partial charge in [-0.2, -0.15) is 0 Å². The molecule has 0 aromatic carbocycles. The molecule has 1 unspecified atom stereocenters. The summed E-state index contributed by atoms with van der Waals surface area (Å²) in [6.45, 7) is 4.47. The van der Waals surface area contributed by atoms with Crippen molar-refractivity contribution in [2.45, 2.75) is 219 Å². The van der Waals surface area contributed by atoms with Gasteiger partial charge in [-0.1, -0.05) is 168 Å². The molecule has 4 heteroatoms. The molecule has 0 fully saturated rings. The van der Waals surface area contributed by atoms with Gasteiger partial charge in [-0.3, -0.25) is 9.59 Å². The SMILES string of the molecule is CCCCCCCCCCCCCCCCCC(=O)OC(CCC)CCCCCCCCCCCCCC(=O)O. The Kier molecular flexibility index (Phi) is 31.6. The summed E-state index contributed by atoms with van der Waals surface area (Å²) in [4.78, 5) is 22.9. The number of aliphatic carboxylic acids is 1. The van der Waals surface area contributed by atoms with Gasteiger partial charge < -0.3 is 9.84 Å². The molecule has 1 N–H and O–H groups in total. The first-order valence-corrected chi connectivity index (χ1v) is 18.0. The minimum absolute atomic E-state index is 0.0242. The summed E-state index contributed by atoms with van der Waals surface area (Å²) >= 11 is 0. The van der Waals surface area contributed by atoms with Crippen molar-refractivity contribution in [3.63, 3.8) is 0 Å². The number of esters is 1. The van der Waals surface area contributed by atoms with Crippen LogP contribution in [0.15, 0.2) is 0 Å². The maximum Gasteiger partial charge on any atom is 0.306 e. The molecule has 4 nitrogen and oxygen atoms in total. The van der Waals surface area contributed by atoms with Gasteiger partial charge in [0.05, 0.1) is 0 Å². The highest BCUT2D eigenvalue weighted by molar-refractivity contribution is 5.69. The molecular weight excluding hydrogens is 496 g/mol. The van der Waals surface area contributed by atoms with E-state index in [0.717, 1.165) is 44.9 Å². The Morgan fingerprint density at radius 3 is 1.18 bits per heavy atom. The molecule has 0 amide bonds. The molecule has 0 heterocycles. The molecule has 1 atom stereocenters. The highest BCUT2D eigenvalue weighted by atomic mass is 16.5. The normalized spacial score (nSPS) is 12.1. The van der Waals surface area contributed by atoms with Crippen LogP contribution in [-0.2, 0) is 14.3 Å². The molecule has 0 rings (SSSR count). The van der Waals surface area contributed by atoms with Crippen LogP contribution in [0.4, 0.5) is 0 Å². The lowest BCUT2D eigenvalue weighted by molar-refractivity contribution is -0.150. The zero-order valence-electron chi connectivity index (χ0n) is 27.2. The van der Waals surface area contributed by atoms with Crippen molar-refractivity contribution in [3.05, 3.63) is 0 Å². The molecule has 0 aliphatic carbocycles. The van der Waals surface area contributed by atoms with Gasteiger partial charge in [-0.25, -0.2) is 0 Å². The number of carbonyl (C=O) groups excluding carboxylic acids is 1. The van der Waals surface area contributed by atoms with Crippen molar-refractivity contribution in [2.75, 3.05) is 0 Å². The van der Waals surface area contributed by atoms with Crippen LogP contribution >= 0.6 is 0 Å². The van der Waals surface area contributed by atoms with E-state index in [1.54, 1.807) is 0 Å². The van der Waals surface area contributed by atoms with Crippen LogP contribution in [-0.4, -0.2) is 23.1 Å². The summed E-state index contributed by atoms with van der Waals surface area (Å²) in [6, 6.07) is 0. The monoisotopic (exact) mass is 567 g/mol. The number of ether oxygens (including phenoxy) is 1. The fourth-order valence-electron chi connectivity index (χ4n) is 5.71. The third-order valence-electron chi connectivity index (χ3n) is 8.31. The molecule has 0 bridgehead atoms. The maximum absolute atomic E-state index is 12.4. The van der Waals surface area contributed by atoms with Gasteiger partial charge in [0.25, 0.3) is 0 Å².